The van der Waals surface area contributed by atoms with E-state index < -0.39 is 13.3 Å². The third kappa shape index (κ3) is 3.14. The van der Waals surface area contributed by atoms with Gasteiger partial charge in [0.05, 0.1) is 13.2 Å². The van der Waals surface area contributed by atoms with Crippen LogP contribution in [0.4, 0.5) is 0 Å². The van der Waals surface area contributed by atoms with E-state index in [9.17, 15) is 9.36 Å². The van der Waals surface area contributed by atoms with Crippen LogP contribution in [0.15, 0.2) is 0 Å². The van der Waals surface area contributed by atoms with Crippen LogP contribution in [-0.2, 0) is 18.4 Å². The highest BCUT2D eigenvalue weighted by molar-refractivity contribution is 7.55. The van der Waals surface area contributed by atoms with Crippen LogP contribution in [0.1, 0.15) is 41.0 Å². The molecule has 0 N–H and O–H groups in total. The fourth-order valence-corrected chi connectivity index (χ4v) is 4.20. The van der Waals surface area contributed by atoms with Crippen LogP contribution in [0.25, 0.3) is 0 Å². The van der Waals surface area contributed by atoms with Crippen molar-refractivity contribution < 1.29 is 18.4 Å². The Labute approximate surface area is 109 Å². The predicted octanol–water partition coefficient (Wildman–Crippen LogP) is 2.65. The highest BCUT2D eigenvalue weighted by Gasteiger charge is 2.49. The number of hydrogen-bond donors (Lipinski definition) is 0. The minimum absolute atomic E-state index is 0.118. The zero-order valence-electron chi connectivity index (χ0n) is 11.9. The first kappa shape index (κ1) is 15.7. The van der Waals surface area contributed by atoms with Gasteiger partial charge in [-0.05, 0) is 41.0 Å². The van der Waals surface area contributed by atoms with E-state index in [0.717, 1.165) is 0 Å². The summed E-state index contributed by atoms with van der Waals surface area (Å²) in [5.41, 5.74) is -0.897. The number of amides is 1. The summed E-state index contributed by atoms with van der Waals surface area (Å²) in [7, 11) is -3.32. The normalized spacial score (nSPS) is 21.7. The first-order valence-electron chi connectivity index (χ1n) is 6.46. The molecular formula is C12H24NO4P. The third-order valence-corrected chi connectivity index (χ3v) is 5.47. The van der Waals surface area contributed by atoms with Gasteiger partial charge in [0, 0.05) is 12.1 Å². The van der Waals surface area contributed by atoms with Crippen molar-refractivity contribution >= 4 is 13.5 Å². The van der Waals surface area contributed by atoms with Crippen LogP contribution < -0.4 is 0 Å². The van der Waals surface area contributed by atoms with Gasteiger partial charge in [0.25, 0.3) is 0 Å². The molecule has 1 saturated heterocycles. The quantitative estimate of drug-likeness (QED) is 0.725. The molecule has 0 spiro atoms. The van der Waals surface area contributed by atoms with E-state index in [1.165, 1.54) is 0 Å². The number of carbonyl (C=O) groups is 1. The van der Waals surface area contributed by atoms with Gasteiger partial charge in [-0.1, -0.05) is 0 Å². The Kier molecular flexibility index (Phi) is 4.98. The van der Waals surface area contributed by atoms with Crippen molar-refractivity contribution in [3.05, 3.63) is 0 Å². The van der Waals surface area contributed by atoms with E-state index in [4.69, 9.17) is 9.05 Å². The average Bonchev–Trinajstić information content (AvgIpc) is 2.60. The van der Waals surface area contributed by atoms with E-state index in [2.05, 4.69) is 0 Å². The summed E-state index contributed by atoms with van der Waals surface area (Å²) < 4.78 is 23.1. The largest absolute Gasteiger partial charge is 0.343 e. The molecule has 0 aromatic rings. The van der Waals surface area contributed by atoms with Crippen LogP contribution in [0.2, 0.25) is 0 Å². The fourth-order valence-electron chi connectivity index (χ4n) is 2.20. The molecule has 1 rings (SSSR count). The van der Waals surface area contributed by atoms with Crippen LogP contribution in [0.3, 0.4) is 0 Å². The molecule has 1 amide bonds. The second-order valence-corrected chi connectivity index (χ2v) is 7.56. The van der Waals surface area contributed by atoms with Gasteiger partial charge >= 0.3 is 7.60 Å². The molecule has 0 unspecified atom stereocenters. The van der Waals surface area contributed by atoms with E-state index >= 15 is 0 Å². The van der Waals surface area contributed by atoms with Crippen molar-refractivity contribution in [3.8, 4) is 0 Å². The number of rotatable bonds is 5. The summed E-state index contributed by atoms with van der Waals surface area (Å²) in [6, 6.07) is 0. The maximum absolute atomic E-state index is 12.6. The molecule has 0 aliphatic carbocycles. The molecule has 5 nitrogen and oxygen atoms in total. The van der Waals surface area contributed by atoms with E-state index in [-0.39, 0.29) is 24.7 Å². The SMILES string of the molecule is CCOP(=O)(OCC)[C@@H]1CCN(C(C)(C)C)C1=O. The minimum atomic E-state index is -3.32. The number of hydrogen-bond acceptors (Lipinski definition) is 4. The summed E-state index contributed by atoms with van der Waals surface area (Å²) in [5.74, 6) is -0.118. The van der Waals surface area contributed by atoms with E-state index in [0.29, 0.717) is 13.0 Å². The molecular weight excluding hydrogens is 253 g/mol. The monoisotopic (exact) mass is 277 g/mol. The Morgan fingerprint density at radius 3 is 2.11 bits per heavy atom. The number of carbonyl (C=O) groups excluding carboxylic acids is 1. The maximum Gasteiger partial charge on any atom is 0.343 e. The molecule has 1 aliphatic heterocycles. The van der Waals surface area contributed by atoms with Crippen molar-refractivity contribution in [2.45, 2.75) is 52.2 Å². The van der Waals surface area contributed by atoms with E-state index in [1.807, 2.05) is 20.8 Å². The Hall–Kier alpha value is -0.380. The van der Waals surface area contributed by atoms with Crippen LogP contribution in [-0.4, -0.2) is 41.8 Å². The average molecular weight is 277 g/mol. The Morgan fingerprint density at radius 2 is 1.78 bits per heavy atom. The summed E-state index contributed by atoms with van der Waals surface area (Å²) in [6.45, 7) is 10.6. The number of likely N-dealkylation sites (tertiary alicyclic amines) is 1. The molecule has 1 fully saturated rings. The molecule has 0 aromatic heterocycles. The van der Waals surface area contributed by atoms with E-state index in [1.54, 1.807) is 18.7 Å². The van der Waals surface area contributed by atoms with Gasteiger partial charge in [0.15, 0.2) is 0 Å². The first-order valence-corrected chi connectivity index (χ1v) is 8.07. The smallest absolute Gasteiger partial charge is 0.337 e. The standard InChI is InChI=1S/C12H24NO4P/c1-6-16-18(15,17-7-2)10-8-9-13(11(10)14)12(3,4)5/h10H,6-9H2,1-5H3/t10-/m1/s1. The van der Waals surface area contributed by atoms with Crippen LogP contribution >= 0.6 is 7.60 Å². The Balaban J connectivity index is 2.91. The lowest BCUT2D eigenvalue weighted by Crippen LogP contribution is -2.44. The van der Waals surface area contributed by atoms with Crippen molar-refractivity contribution in [1.82, 2.24) is 4.90 Å². The van der Waals surface area contributed by atoms with Gasteiger partial charge in [-0.15, -0.1) is 0 Å². The minimum Gasteiger partial charge on any atom is -0.337 e. The van der Waals surface area contributed by atoms with Crippen molar-refractivity contribution in [3.63, 3.8) is 0 Å². The van der Waals surface area contributed by atoms with Gasteiger partial charge in [-0.25, -0.2) is 0 Å². The van der Waals surface area contributed by atoms with Crippen molar-refractivity contribution in [2.24, 2.45) is 0 Å². The second-order valence-electron chi connectivity index (χ2n) is 5.34. The molecule has 6 heteroatoms. The zero-order valence-corrected chi connectivity index (χ0v) is 12.8. The summed E-state index contributed by atoms with van der Waals surface area (Å²) in [6.07, 6.45) is 0.535. The van der Waals surface area contributed by atoms with Gasteiger partial charge in [0.2, 0.25) is 5.91 Å². The molecule has 1 atom stereocenters. The first-order chi connectivity index (χ1) is 8.26. The van der Waals surface area contributed by atoms with Gasteiger partial charge in [-0.2, -0.15) is 0 Å². The zero-order chi connectivity index (χ0) is 14.0. The van der Waals surface area contributed by atoms with Gasteiger partial charge < -0.3 is 13.9 Å². The molecule has 0 radical (unpaired) electrons. The summed E-state index contributed by atoms with van der Waals surface area (Å²) in [4.78, 5) is 14.1. The third-order valence-electron chi connectivity index (χ3n) is 2.99. The fraction of sp³-hybridized carbons (Fsp3) is 0.917. The molecule has 18 heavy (non-hydrogen) atoms. The molecule has 106 valence electrons. The van der Waals surface area contributed by atoms with Crippen molar-refractivity contribution in [2.75, 3.05) is 19.8 Å². The lowest BCUT2D eigenvalue weighted by molar-refractivity contribution is -0.131. The molecule has 1 aliphatic rings. The summed E-state index contributed by atoms with van der Waals surface area (Å²) in [5, 5.41) is 0. The molecule has 0 bridgehead atoms. The second kappa shape index (κ2) is 5.72. The van der Waals surface area contributed by atoms with Crippen LogP contribution in [0, 0.1) is 0 Å². The van der Waals surface area contributed by atoms with Gasteiger partial charge in [-0.3, -0.25) is 9.36 Å². The van der Waals surface area contributed by atoms with Gasteiger partial charge in [0.1, 0.15) is 5.66 Å². The highest BCUT2D eigenvalue weighted by atomic mass is 31.2. The Morgan fingerprint density at radius 1 is 1.28 bits per heavy atom. The lowest BCUT2D eigenvalue weighted by Gasteiger charge is -2.32. The van der Waals surface area contributed by atoms with Crippen molar-refractivity contribution in [1.29, 1.82) is 0 Å². The molecule has 1 heterocycles. The van der Waals surface area contributed by atoms with Crippen LogP contribution in [0.5, 0.6) is 0 Å². The Bertz CT molecular complexity index is 340. The lowest BCUT2D eigenvalue weighted by atomic mass is 10.1. The molecule has 0 aromatic carbocycles. The predicted molar refractivity (Wildman–Crippen MR) is 70.7 cm³/mol. The maximum atomic E-state index is 12.6. The highest BCUT2D eigenvalue weighted by Crippen LogP contribution is 2.56. The number of nitrogens with zero attached hydrogens (tertiary/aromatic N) is 1. The summed E-state index contributed by atoms with van der Waals surface area (Å²) >= 11 is 0. The molecule has 0 saturated carbocycles. The topological polar surface area (TPSA) is 55.8 Å².